The molecule has 0 bridgehead atoms. The molecule has 0 unspecified atom stereocenters. The third-order valence-electron chi connectivity index (χ3n) is 4.28. The Hall–Kier alpha value is -2.69. The molecule has 120 valence electrons. The normalized spacial score (nSPS) is 10.6. The predicted octanol–water partition coefficient (Wildman–Crippen LogP) is 7.19. The van der Waals surface area contributed by atoms with Gasteiger partial charge in [-0.15, -0.1) is 0 Å². The van der Waals surface area contributed by atoms with Crippen LogP contribution in [0, 0.1) is 0 Å². The van der Waals surface area contributed by atoms with Crippen LogP contribution in [0.3, 0.4) is 0 Å². The topological polar surface area (TPSA) is 0 Å². The average molecular weight is 338 g/mol. The van der Waals surface area contributed by atoms with E-state index in [1.54, 1.807) is 0 Å². The molecule has 3 aromatic carbocycles. The molecule has 0 aliphatic heterocycles. The molecule has 0 nitrogen and oxygen atoms in total. The van der Waals surface area contributed by atoms with Crippen molar-refractivity contribution in [3.8, 4) is 21.7 Å². The molecule has 4 rings (SSSR count). The first-order valence-electron chi connectivity index (χ1n) is 8.54. The summed E-state index contributed by atoms with van der Waals surface area (Å²) in [5.74, 6) is 0. The lowest BCUT2D eigenvalue weighted by Gasteiger charge is -2.10. The molecule has 1 aromatic heterocycles. The van der Waals surface area contributed by atoms with E-state index in [-0.39, 0.29) is 0 Å². The summed E-state index contributed by atoms with van der Waals surface area (Å²) in [6.07, 6.45) is 0.961. The molecule has 4 aromatic rings. The Kier molecular flexibility index (Phi) is 4.72. The first-order chi connectivity index (χ1) is 12.4. The minimum atomic E-state index is 0.961. The highest BCUT2D eigenvalue weighted by Gasteiger charge is 2.07. The first-order valence-corrected chi connectivity index (χ1v) is 9.44. The lowest BCUT2D eigenvalue weighted by Crippen LogP contribution is -1.89. The van der Waals surface area contributed by atoms with Crippen LogP contribution in [-0.2, 0) is 6.42 Å². The molecule has 0 saturated heterocycles. The van der Waals surface area contributed by atoms with Crippen molar-refractivity contribution in [3.05, 3.63) is 114 Å². The van der Waals surface area contributed by atoms with E-state index >= 15 is 0 Å². The number of rotatable bonds is 4. The van der Waals surface area contributed by atoms with Crippen molar-refractivity contribution >= 4 is 8.19 Å². The quantitative estimate of drug-likeness (QED) is 0.369. The molecule has 25 heavy (non-hydrogen) atoms. The van der Waals surface area contributed by atoms with Crippen LogP contribution in [0.25, 0.3) is 21.7 Å². The standard InChI is InChI=1S/C24H19P/c1-4-10-19(11-5-1)16-20-17-23(21-12-6-2-7-13-21)25-24(18-20)22-14-8-3-9-15-22/h1-15,17-18H,16H2. The molecule has 0 atom stereocenters. The minimum Gasteiger partial charge on any atom is -0.0622 e. The van der Waals surface area contributed by atoms with E-state index < -0.39 is 0 Å². The van der Waals surface area contributed by atoms with Crippen molar-refractivity contribution in [3.63, 3.8) is 0 Å². The van der Waals surface area contributed by atoms with E-state index in [2.05, 4.69) is 103 Å². The summed E-state index contributed by atoms with van der Waals surface area (Å²) in [4.78, 5) is 0. The fourth-order valence-corrected chi connectivity index (χ4v) is 4.31. The molecule has 0 fully saturated rings. The second-order valence-electron chi connectivity index (χ2n) is 6.14. The van der Waals surface area contributed by atoms with Gasteiger partial charge in [0.2, 0.25) is 0 Å². The predicted molar refractivity (Wildman–Crippen MR) is 109 cm³/mol. The maximum atomic E-state index is 2.36. The van der Waals surface area contributed by atoms with Gasteiger partial charge in [-0.2, -0.15) is 0 Å². The Morgan fingerprint density at radius 1 is 0.480 bits per heavy atom. The van der Waals surface area contributed by atoms with Gasteiger partial charge in [0, 0.05) is 10.6 Å². The van der Waals surface area contributed by atoms with Gasteiger partial charge in [-0.1, -0.05) is 99.2 Å². The summed E-state index contributed by atoms with van der Waals surface area (Å²) >= 11 is 0. The summed E-state index contributed by atoms with van der Waals surface area (Å²) < 4.78 is 0. The SMILES string of the molecule is c1ccc(Cc2cc(-c3ccccc3)pc(-c3ccccc3)c2)cc1. The van der Waals surface area contributed by atoms with Gasteiger partial charge in [0.1, 0.15) is 0 Å². The molecule has 0 saturated carbocycles. The summed E-state index contributed by atoms with van der Waals surface area (Å²) in [6.45, 7) is 0. The summed E-state index contributed by atoms with van der Waals surface area (Å²) in [5.41, 5.74) is 5.32. The van der Waals surface area contributed by atoms with Gasteiger partial charge in [-0.3, -0.25) is 0 Å². The lowest BCUT2D eigenvalue weighted by atomic mass is 10.0. The Balaban J connectivity index is 1.80. The Morgan fingerprint density at radius 3 is 1.40 bits per heavy atom. The van der Waals surface area contributed by atoms with Crippen molar-refractivity contribution in [2.75, 3.05) is 0 Å². The highest BCUT2D eigenvalue weighted by Crippen LogP contribution is 2.38. The molecule has 0 aliphatic rings. The van der Waals surface area contributed by atoms with E-state index in [0.717, 1.165) is 6.42 Å². The van der Waals surface area contributed by atoms with Crippen molar-refractivity contribution in [1.82, 2.24) is 0 Å². The van der Waals surface area contributed by atoms with Gasteiger partial charge in [0.05, 0.1) is 0 Å². The van der Waals surface area contributed by atoms with Crippen LogP contribution >= 0.6 is 8.19 Å². The molecule has 0 amide bonds. The maximum absolute atomic E-state index is 2.36. The number of hydrogen-bond donors (Lipinski definition) is 0. The highest BCUT2D eigenvalue weighted by atomic mass is 31.0. The minimum absolute atomic E-state index is 0.961. The van der Waals surface area contributed by atoms with Crippen molar-refractivity contribution < 1.29 is 0 Å². The Labute approximate surface area is 150 Å². The third kappa shape index (κ3) is 3.87. The largest absolute Gasteiger partial charge is 0.0622 e. The highest BCUT2D eigenvalue weighted by molar-refractivity contribution is 7.37. The molecule has 1 heterocycles. The van der Waals surface area contributed by atoms with Gasteiger partial charge < -0.3 is 0 Å². The van der Waals surface area contributed by atoms with E-state index in [1.165, 1.54) is 41.0 Å². The number of hydrogen-bond acceptors (Lipinski definition) is 0. The van der Waals surface area contributed by atoms with Crippen molar-refractivity contribution in [2.45, 2.75) is 6.42 Å². The maximum Gasteiger partial charge on any atom is 0.00990 e. The summed E-state index contributed by atoms with van der Waals surface area (Å²) in [6, 6.07) is 36.8. The van der Waals surface area contributed by atoms with Crippen LogP contribution in [0.5, 0.6) is 0 Å². The van der Waals surface area contributed by atoms with Crippen molar-refractivity contribution in [1.29, 1.82) is 0 Å². The fourth-order valence-electron chi connectivity index (χ4n) is 3.03. The average Bonchev–Trinajstić information content (AvgIpc) is 2.70. The van der Waals surface area contributed by atoms with Gasteiger partial charge in [0.25, 0.3) is 0 Å². The molecule has 0 radical (unpaired) electrons. The molecule has 1 heteroatoms. The number of benzene rings is 3. The van der Waals surface area contributed by atoms with Gasteiger partial charge in [-0.25, -0.2) is 0 Å². The monoisotopic (exact) mass is 338 g/mol. The zero-order valence-electron chi connectivity index (χ0n) is 14.0. The Morgan fingerprint density at radius 2 is 0.920 bits per heavy atom. The molecular formula is C24H19P. The van der Waals surface area contributed by atoms with E-state index in [4.69, 9.17) is 0 Å². The van der Waals surface area contributed by atoms with Crippen LogP contribution in [0.15, 0.2) is 103 Å². The second-order valence-corrected chi connectivity index (χ2v) is 7.33. The molecular weight excluding hydrogens is 319 g/mol. The van der Waals surface area contributed by atoms with E-state index in [1.807, 2.05) is 0 Å². The molecule has 0 spiro atoms. The third-order valence-corrected chi connectivity index (χ3v) is 5.53. The molecule has 0 aliphatic carbocycles. The lowest BCUT2D eigenvalue weighted by molar-refractivity contribution is 1.20. The van der Waals surface area contributed by atoms with Crippen LogP contribution in [0.1, 0.15) is 11.1 Å². The van der Waals surface area contributed by atoms with Gasteiger partial charge >= 0.3 is 0 Å². The van der Waals surface area contributed by atoms with Gasteiger partial charge in [0.15, 0.2) is 0 Å². The van der Waals surface area contributed by atoms with Crippen molar-refractivity contribution in [2.24, 2.45) is 0 Å². The van der Waals surface area contributed by atoms with E-state index in [0.29, 0.717) is 0 Å². The smallest absolute Gasteiger partial charge is 0.00990 e. The summed E-state index contributed by atoms with van der Waals surface area (Å²) in [5, 5.41) is 2.74. The van der Waals surface area contributed by atoms with Crippen LogP contribution in [0.2, 0.25) is 0 Å². The zero-order valence-corrected chi connectivity index (χ0v) is 14.9. The first kappa shape index (κ1) is 15.8. The van der Waals surface area contributed by atoms with Crippen LogP contribution < -0.4 is 0 Å². The second kappa shape index (κ2) is 7.47. The van der Waals surface area contributed by atoms with E-state index in [9.17, 15) is 0 Å². The molecule has 0 N–H and O–H groups in total. The Bertz CT molecular complexity index is 887. The van der Waals surface area contributed by atoms with Crippen LogP contribution in [0.4, 0.5) is 0 Å². The summed E-state index contributed by atoms with van der Waals surface area (Å²) in [7, 11) is 1.27. The van der Waals surface area contributed by atoms with Gasteiger partial charge in [-0.05, 0) is 40.8 Å². The fraction of sp³-hybridized carbons (Fsp3) is 0.0417. The van der Waals surface area contributed by atoms with Crippen LogP contribution in [-0.4, -0.2) is 0 Å². The zero-order chi connectivity index (χ0) is 16.9.